The van der Waals surface area contributed by atoms with Gasteiger partial charge in [-0.05, 0) is 19.9 Å². The van der Waals surface area contributed by atoms with E-state index in [1.165, 1.54) is 0 Å². The third-order valence-electron chi connectivity index (χ3n) is 2.49. The van der Waals surface area contributed by atoms with Crippen molar-refractivity contribution in [2.75, 3.05) is 13.1 Å². The van der Waals surface area contributed by atoms with Gasteiger partial charge in [0.25, 0.3) is 0 Å². The van der Waals surface area contributed by atoms with E-state index in [-0.39, 0.29) is 11.9 Å². The van der Waals surface area contributed by atoms with Crippen molar-refractivity contribution in [1.82, 2.24) is 14.9 Å². The Kier molecular flexibility index (Phi) is 4.98. The lowest BCUT2D eigenvalue weighted by atomic mass is 10.2. The molecule has 0 aliphatic rings. The van der Waals surface area contributed by atoms with E-state index in [1.54, 1.807) is 12.5 Å². The van der Waals surface area contributed by atoms with Crippen LogP contribution in [0.2, 0.25) is 0 Å². The molecule has 0 aromatic carbocycles. The summed E-state index contributed by atoms with van der Waals surface area (Å²) in [6, 6.07) is -0.226. The van der Waals surface area contributed by atoms with Crippen molar-refractivity contribution in [2.45, 2.75) is 32.7 Å². The number of rotatable bonds is 6. The van der Waals surface area contributed by atoms with Gasteiger partial charge in [-0.1, -0.05) is 6.92 Å². The van der Waals surface area contributed by atoms with Crippen molar-refractivity contribution in [1.29, 1.82) is 0 Å². The molecule has 5 nitrogen and oxygen atoms in total. The maximum atomic E-state index is 11.8. The van der Waals surface area contributed by atoms with Crippen LogP contribution in [0.5, 0.6) is 0 Å². The molecular weight excluding hydrogens is 204 g/mol. The molecule has 1 rings (SSSR count). The van der Waals surface area contributed by atoms with Crippen LogP contribution in [0.3, 0.4) is 0 Å². The zero-order valence-corrected chi connectivity index (χ0v) is 9.94. The number of nitrogens with two attached hydrogens (primary N) is 1. The zero-order valence-electron chi connectivity index (χ0n) is 9.94. The minimum atomic E-state index is -0.226. The first-order chi connectivity index (χ1) is 7.70. The second-order valence-electron chi connectivity index (χ2n) is 3.80. The van der Waals surface area contributed by atoms with Gasteiger partial charge in [-0.2, -0.15) is 0 Å². The van der Waals surface area contributed by atoms with Gasteiger partial charge in [0, 0.05) is 24.9 Å². The predicted octanol–water partition coefficient (Wildman–Crippen LogP) is 0.472. The monoisotopic (exact) mass is 224 g/mol. The quantitative estimate of drug-likeness (QED) is 0.737. The summed E-state index contributed by atoms with van der Waals surface area (Å²) in [4.78, 5) is 15.8. The van der Waals surface area contributed by atoms with Crippen molar-refractivity contribution in [3.8, 4) is 0 Å². The van der Waals surface area contributed by atoms with E-state index in [1.807, 2.05) is 18.4 Å². The van der Waals surface area contributed by atoms with Crippen LogP contribution in [0.4, 0.5) is 0 Å². The van der Waals surface area contributed by atoms with E-state index in [0.29, 0.717) is 13.1 Å². The number of aromatic nitrogens is 2. The van der Waals surface area contributed by atoms with Crippen LogP contribution >= 0.6 is 0 Å². The van der Waals surface area contributed by atoms with Gasteiger partial charge < -0.3 is 15.6 Å². The molecule has 0 radical (unpaired) electrons. The lowest BCUT2D eigenvalue weighted by Gasteiger charge is -2.15. The van der Waals surface area contributed by atoms with Gasteiger partial charge in [0.1, 0.15) is 6.04 Å². The average Bonchev–Trinajstić information content (AvgIpc) is 2.73. The molecule has 1 unspecified atom stereocenters. The van der Waals surface area contributed by atoms with Crippen molar-refractivity contribution >= 4 is 5.91 Å². The first kappa shape index (κ1) is 12.7. The van der Waals surface area contributed by atoms with Crippen LogP contribution in [0.25, 0.3) is 0 Å². The summed E-state index contributed by atoms with van der Waals surface area (Å²) in [5, 5.41) is 2.87. The van der Waals surface area contributed by atoms with Gasteiger partial charge >= 0.3 is 0 Å². The SMILES string of the molecule is CCCNC(=O)C(C)n1cncc1CCN. The van der Waals surface area contributed by atoms with Crippen LogP contribution in [0, 0.1) is 0 Å². The maximum absolute atomic E-state index is 11.8. The Labute approximate surface area is 96.0 Å². The normalized spacial score (nSPS) is 12.4. The Morgan fingerprint density at radius 1 is 1.69 bits per heavy atom. The number of carbonyl (C=O) groups is 1. The second kappa shape index (κ2) is 6.27. The molecule has 0 aliphatic heterocycles. The van der Waals surface area contributed by atoms with Gasteiger partial charge in [0.05, 0.1) is 6.33 Å². The Morgan fingerprint density at radius 2 is 2.44 bits per heavy atom. The Hall–Kier alpha value is -1.36. The molecule has 0 bridgehead atoms. The smallest absolute Gasteiger partial charge is 0.242 e. The van der Waals surface area contributed by atoms with E-state index in [0.717, 1.165) is 18.5 Å². The zero-order chi connectivity index (χ0) is 12.0. The molecule has 1 aromatic rings. The number of imidazole rings is 1. The molecule has 0 saturated carbocycles. The minimum absolute atomic E-state index is 0.0260. The van der Waals surface area contributed by atoms with E-state index < -0.39 is 0 Å². The van der Waals surface area contributed by atoms with Gasteiger partial charge in [-0.15, -0.1) is 0 Å². The number of carbonyl (C=O) groups excluding carboxylic acids is 1. The Morgan fingerprint density at radius 3 is 3.06 bits per heavy atom. The molecule has 5 heteroatoms. The largest absolute Gasteiger partial charge is 0.354 e. The number of nitrogens with one attached hydrogen (secondary N) is 1. The third kappa shape index (κ3) is 3.06. The van der Waals surface area contributed by atoms with Crippen molar-refractivity contribution < 1.29 is 4.79 Å². The molecule has 0 saturated heterocycles. The van der Waals surface area contributed by atoms with E-state index in [4.69, 9.17) is 5.73 Å². The van der Waals surface area contributed by atoms with Crippen LogP contribution in [-0.2, 0) is 11.2 Å². The minimum Gasteiger partial charge on any atom is -0.354 e. The standard InChI is InChI=1S/C11H20N4O/c1-3-6-14-11(16)9(2)15-8-13-7-10(15)4-5-12/h7-9H,3-6,12H2,1-2H3,(H,14,16). The van der Waals surface area contributed by atoms with Crippen molar-refractivity contribution in [3.63, 3.8) is 0 Å². The molecule has 1 aromatic heterocycles. The number of amides is 1. The first-order valence-electron chi connectivity index (χ1n) is 5.69. The summed E-state index contributed by atoms with van der Waals surface area (Å²) in [5.41, 5.74) is 6.50. The first-order valence-corrected chi connectivity index (χ1v) is 5.69. The number of hydrogen-bond acceptors (Lipinski definition) is 3. The highest BCUT2D eigenvalue weighted by Gasteiger charge is 2.16. The fourth-order valence-corrected chi connectivity index (χ4v) is 1.54. The highest BCUT2D eigenvalue weighted by molar-refractivity contribution is 5.79. The molecule has 3 N–H and O–H groups in total. The van der Waals surface area contributed by atoms with Gasteiger partial charge in [0.15, 0.2) is 0 Å². The molecule has 16 heavy (non-hydrogen) atoms. The van der Waals surface area contributed by atoms with Gasteiger partial charge in [0.2, 0.25) is 5.91 Å². The van der Waals surface area contributed by atoms with E-state index in [9.17, 15) is 4.79 Å². The number of nitrogens with zero attached hydrogens (tertiary/aromatic N) is 2. The molecule has 0 fully saturated rings. The fourth-order valence-electron chi connectivity index (χ4n) is 1.54. The van der Waals surface area contributed by atoms with Crippen LogP contribution in [0.15, 0.2) is 12.5 Å². The van der Waals surface area contributed by atoms with E-state index in [2.05, 4.69) is 10.3 Å². The molecule has 0 aliphatic carbocycles. The fraction of sp³-hybridized carbons (Fsp3) is 0.636. The average molecular weight is 224 g/mol. The number of hydrogen-bond donors (Lipinski definition) is 2. The third-order valence-corrected chi connectivity index (χ3v) is 2.49. The summed E-state index contributed by atoms with van der Waals surface area (Å²) < 4.78 is 1.87. The summed E-state index contributed by atoms with van der Waals surface area (Å²) in [5.74, 6) is 0.0260. The highest BCUT2D eigenvalue weighted by Crippen LogP contribution is 2.10. The summed E-state index contributed by atoms with van der Waals surface area (Å²) in [6.07, 6.45) is 5.13. The molecule has 1 atom stereocenters. The highest BCUT2D eigenvalue weighted by atomic mass is 16.2. The molecule has 1 heterocycles. The van der Waals surface area contributed by atoms with Crippen LogP contribution < -0.4 is 11.1 Å². The van der Waals surface area contributed by atoms with Crippen molar-refractivity contribution in [3.05, 3.63) is 18.2 Å². The molecular formula is C11H20N4O. The van der Waals surface area contributed by atoms with Crippen LogP contribution in [0.1, 0.15) is 32.0 Å². The topological polar surface area (TPSA) is 72.9 Å². The van der Waals surface area contributed by atoms with E-state index >= 15 is 0 Å². The van der Waals surface area contributed by atoms with Gasteiger partial charge in [-0.25, -0.2) is 4.98 Å². The Balaban J connectivity index is 2.67. The summed E-state index contributed by atoms with van der Waals surface area (Å²) in [7, 11) is 0. The Bertz CT molecular complexity index is 334. The second-order valence-corrected chi connectivity index (χ2v) is 3.80. The van der Waals surface area contributed by atoms with Crippen LogP contribution in [-0.4, -0.2) is 28.5 Å². The lowest BCUT2D eigenvalue weighted by molar-refractivity contribution is -0.123. The molecule has 0 spiro atoms. The maximum Gasteiger partial charge on any atom is 0.242 e. The molecule has 1 amide bonds. The van der Waals surface area contributed by atoms with Gasteiger partial charge in [-0.3, -0.25) is 4.79 Å². The summed E-state index contributed by atoms with van der Waals surface area (Å²) >= 11 is 0. The lowest BCUT2D eigenvalue weighted by Crippen LogP contribution is -2.32. The van der Waals surface area contributed by atoms with Crippen molar-refractivity contribution in [2.24, 2.45) is 5.73 Å². The molecule has 90 valence electrons. The predicted molar refractivity (Wildman–Crippen MR) is 63.0 cm³/mol. The summed E-state index contributed by atoms with van der Waals surface area (Å²) in [6.45, 7) is 5.17.